The van der Waals surface area contributed by atoms with Gasteiger partial charge in [-0.15, -0.1) is 10.2 Å². The molecule has 5 nitrogen and oxygen atoms in total. The van der Waals surface area contributed by atoms with Gasteiger partial charge in [-0.1, -0.05) is 41.8 Å². The first-order chi connectivity index (χ1) is 10.7. The lowest BCUT2D eigenvalue weighted by molar-refractivity contribution is 0.0947. The SMILES string of the molecule is CCCCCNC(=O)c1ccc(Nc2cccc(Br)c2)nn1. The van der Waals surface area contributed by atoms with E-state index in [0.29, 0.717) is 18.1 Å². The van der Waals surface area contributed by atoms with Crippen molar-refractivity contribution in [1.29, 1.82) is 0 Å². The summed E-state index contributed by atoms with van der Waals surface area (Å²) in [5.74, 6) is 0.415. The molecular weight excluding hydrogens is 344 g/mol. The molecule has 0 aliphatic carbocycles. The van der Waals surface area contributed by atoms with Crippen LogP contribution in [0.4, 0.5) is 11.5 Å². The molecule has 0 radical (unpaired) electrons. The van der Waals surface area contributed by atoms with E-state index in [1.54, 1.807) is 12.1 Å². The second kappa shape index (κ2) is 8.48. The van der Waals surface area contributed by atoms with Crippen LogP contribution in [-0.4, -0.2) is 22.6 Å². The fraction of sp³-hybridized carbons (Fsp3) is 0.312. The van der Waals surface area contributed by atoms with E-state index in [0.717, 1.165) is 29.4 Å². The van der Waals surface area contributed by atoms with Gasteiger partial charge in [0, 0.05) is 16.7 Å². The number of unbranched alkanes of at least 4 members (excludes halogenated alkanes) is 2. The Morgan fingerprint density at radius 2 is 2.05 bits per heavy atom. The Labute approximate surface area is 138 Å². The van der Waals surface area contributed by atoms with Gasteiger partial charge in [0.15, 0.2) is 11.5 Å². The van der Waals surface area contributed by atoms with Crippen LogP contribution in [0.15, 0.2) is 40.9 Å². The van der Waals surface area contributed by atoms with Crippen molar-refractivity contribution in [2.45, 2.75) is 26.2 Å². The van der Waals surface area contributed by atoms with E-state index in [1.807, 2.05) is 24.3 Å². The van der Waals surface area contributed by atoms with Gasteiger partial charge in [0.25, 0.3) is 5.91 Å². The van der Waals surface area contributed by atoms with Crippen molar-refractivity contribution in [3.8, 4) is 0 Å². The Hall–Kier alpha value is -1.95. The fourth-order valence-corrected chi connectivity index (χ4v) is 2.30. The number of nitrogens with one attached hydrogen (secondary N) is 2. The molecule has 0 fully saturated rings. The summed E-state index contributed by atoms with van der Waals surface area (Å²) in [5, 5.41) is 14.0. The minimum absolute atomic E-state index is 0.183. The number of anilines is 2. The molecular formula is C16H19BrN4O. The molecule has 6 heteroatoms. The van der Waals surface area contributed by atoms with Crippen molar-refractivity contribution in [2.75, 3.05) is 11.9 Å². The molecule has 1 heterocycles. The van der Waals surface area contributed by atoms with Gasteiger partial charge < -0.3 is 10.6 Å². The van der Waals surface area contributed by atoms with Crippen molar-refractivity contribution >= 4 is 33.3 Å². The fourth-order valence-electron chi connectivity index (χ4n) is 1.90. The Morgan fingerprint density at radius 1 is 1.18 bits per heavy atom. The first kappa shape index (κ1) is 16.4. The number of carbonyl (C=O) groups is 1. The van der Waals surface area contributed by atoms with Gasteiger partial charge in [-0.2, -0.15) is 0 Å². The summed E-state index contributed by atoms with van der Waals surface area (Å²) in [6, 6.07) is 11.2. The second-order valence-electron chi connectivity index (χ2n) is 4.90. The average Bonchev–Trinajstić information content (AvgIpc) is 2.52. The highest BCUT2D eigenvalue weighted by Crippen LogP contribution is 2.18. The quantitative estimate of drug-likeness (QED) is 0.732. The molecule has 1 aromatic heterocycles. The van der Waals surface area contributed by atoms with Gasteiger partial charge in [-0.25, -0.2) is 0 Å². The summed E-state index contributed by atoms with van der Waals surface area (Å²) < 4.78 is 0.980. The van der Waals surface area contributed by atoms with Crippen molar-refractivity contribution in [3.05, 3.63) is 46.6 Å². The van der Waals surface area contributed by atoms with Gasteiger partial charge in [0.2, 0.25) is 0 Å². The summed E-state index contributed by atoms with van der Waals surface area (Å²) >= 11 is 3.41. The van der Waals surface area contributed by atoms with E-state index in [2.05, 4.69) is 43.7 Å². The molecule has 0 atom stereocenters. The predicted molar refractivity (Wildman–Crippen MR) is 91.3 cm³/mol. The maximum Gasteiger partial charge on any atom is 0.271 e. The zero-order chi connectivity index (χ0) is 15.8. The molecule has 0 aliphatic rings. The van der Waals surface area contributed by atoms with E-state index in [9.17, 15) is 4.79 Å². The van der Waals surface area contributed by atoms with Crippen LogP contribution >= 0.6 is 15.9 Å². The molecule has 1 aromatic carbocycles. The Bertz CT molecular complexity index is 616. The van der Waals surface area contributed by atoms with Crippen LogP contribution in [0, 0.1) is 0 Å². The van der Waals surface area contributed by atoms with E-state index in [1.165, 1.54) is 0 Å². The first-order valence-corrected chi connectivity index (χ1v) is 8.13. The third-order valence-corrected chi connectivity index (χ3v) is 3.55. The van der Waals surface area contributed by atoms with Crippen LogP contribution in [-0.2, 0) is 0 Å². The lowest BCUT2D eigenvalue weighted by Gasteiger charge is -2.06. The molecule has 0 spiro atoms. The number of benzene rings is 1. The van der Waals surface area contributed by atoms with Crippen molar-refractivity contribution in [3.63, 3.8) is 0 Å². The number of rotatable bonds is 7. The molecule has 2 aromatic rings. The molecule has 0 aliphatic heterocycles. The van der Waals surface area contributed by atoms with Gasteiger partial charge in [-0.05, 0) is 36.8 Å². The number of carbonyl (C=O) groups excluding carboxylic acids is 1. The van der Waals surface area contributed by atoms with Crippen LogP contribution in [0.3, 0.4) is 0 Å². The van der Waals surface area contributed by atoms with Crippen molar-refractivity contribution in [2.24, 2.45) is 0 Å². The Kier molecular flexibility index (Phi) is 6.33. The zero-order valence-corrected chi connectivity index (χ0v) is 14.1. The summed E-state index contributed by atoms with van der Waals surface area (Å²) in [5.41, 5.74) is 1.23. The van der Waals surface area contributed by atoms with Gasteiger partial charge >= 0.3 is 0 Å². The monoisotopic (exact) mass is 362 g/mol. The van der Waals surface area contributed by atoms with Crippen LogP contribution in [0.5, 0.6) is 0 Å². The highest BCUT2D eigenvalue weighted by molar-refractivity contribution is 9.10. The van der Waals surface area contributed by atoms with E-state index >= 15 is 0 Å². The highest BCUT2D eigenvalue weighted by atomic mass is 79.9. The van der Waals surface area contributed by atoms with Crippen LogP contribution < -0.4 is 10.6 Å². The normalized spacial score (nSPS) is 10.3. The molecule has 1 amide bonds. The molecule has 0 unspecified atom stereocenters. The lowest BCUT2D eigenvalue weighted by atomic mass is 10.2. The van der Waals surface area contributed by atoms with Gasteiger partial charge in [-0.3, -0.25) is 4.79 Å². The second-order valence-corrected chi connectivity index (χ2v) is 5.82. The minimum Gasteiger partial charge on any atom is -0.351 e. The van der Waals surface area contributed by atoms with E-state index in [-0.39, 0.29) is 5.91 Å². The molecule has 2 rings (SSSR count). The smallest absolute Gasteiger partial charge is 0.271 e. The summed E-state index contributed by atoms with van der Waals surface area (Å²) in [7, 11) is 0. The number of hydrogen-bond donors (Lipinski definition) is 2. The number of halogens is 1. The van der Waals surface area contributed by atoms with Crippen molar-refractivity contribution in [1.82, 2.24) is 15.5 Å². The Balaban J connectivity index is 1.91. The average molecular weight is 363 g/mol. The highest BCUT2D eigenvalue weighted by Gasteiger charge is 2.07. The summed E-state index contributed by atoms with van der Waals surface area (Å²) in [4.78, 5) is 11.9. The number of amides is 1. The van der Waals surface area contributed by atoms with Gasteiger partial charge in [0.05, 0.1) is 0 Å². The van der Waals surface area contributed by atoms with Crippen LogP contribution in [0.2, 0.25) is 0 Å². The third-order valence-electron chi connectivity index (χ3n) is 3.06. The first-order valence-electron chi connectivity index (χ1n) is 7.33. The number of nitrogens with zero attached hydrogens (tertiary/aromatic N) is 2. The van der Waals surface area contributed by atoms with Gasteiger partial charge in [0.1, 0.15) is 0 Å². The topological polar surface area (TPSA) is 66.9 Å². The molecule has 22 heavy (non-hydrogen) atoms. The summed E-state index contributed by atoms with van der Waals surface area (Å²) in [6.45, 7) is 2.80. The predicted octanol–water partition coefficient (Wildman–Crippen LogP) is 3.90. The third kappa shape index (κ3) is 5.11. The summed E-state index contributed by atoms with van der Waals surface area (Å²) in [6.07, 6.45) is 3.23. The lowest BCUT2D eigenvalue weighted by Crippen LogP contribution is -2.25. The number of aromatic nitrogens is 2. The maximum atomic E-state index is 11.9. The van der Waals surface area contributed by atoms with Crippen LogP contribution in [0.25, 0.3) is 0 Å². The molecule has 0 bridgehead atoms. The zero-order valence-electron chi connectivity index (χ0n) is 12.5. The van der Waals surface area contributed by atoms with Crippen LogP contribution in [0.1, 0.15) is 36.7 Å². The van der Waals surface area contributed by atoms with E-state index in [4.69, 9.17) is 0 Å². The number of hydrogen-bond acceptors (Lipinski definition) is 4. The van der Waals surface area contributed by atoms with Crippen molar-refractivity contribution < 1.29 is 4.79 Å². The molecule has 2 N–H and O–H groups in total. The minimum atomic E-state index is -0.183. The van der Waals surface area contributed by atoms with E-state index < -0.39 is 0 Å². The molecule has 116 valence electrons. The standard InChI is InChI=1S/C16H19BrN4O/c1-2-3-4-10-18-16(22)14-8-9-15(21-20-14)19-13-7-5-6-12(17)11-13/h5-9,11H,2-4,10H2,1H3,(H,18,22)(H,19,21). The Morgan fingerprint density at radius 3 is 2.73 bits per heavy atom. The molecule has 0 saturated carbocycles. The molecule has 0 saturated heterocycles. The largest absolute Gasteiger partial charge is 0.351 e. The maximum absolute atomic E-state index is 11.9.